The monoisotopic (exact) mass is 369 g/mol. The number of rotatable bonds is 5. The number of hydrogen-bond acceptors (Lipinski definition) is 3. The molecule has 140 valence electrons. The first kappa shape index (κ1) is 17.8. The van der Waals surface area contributed by atoms with Crippen molar-refractivity contribution in [3.05, 3.63) is 96.2 Å². The predicted octanol–water partition coefficient (Wildman–Crippen LogP) is 3.63. The van der Waals surface area contributed by atoms with Gasteiger partial charge in [-0.3, -0.25) is 0 Å². The lowest BCUT2D eigenvalue weighted by Crippen LogP contribution is -2.32. The fraction of sp³-hybridized carbons (Fsp3) is 0.0870. The Kier molecular flexibility index (Phi) is 5.08. The molecule has 0 unspecified atom stereocenters. The Morgan fingerprint density at radius 2 is 1.57 bits per heavy atom. The van der Waals surface area contributed by atoms with Crippen molar-refractivity contribution in [1.82, 2.24) is 9.99 Å². The summed E-state index contributed by atoms with van der Waals surface area (Å²) in [5, 5.41) is 4.90. The van der Waals surface area contributed by atoms with E-state index >= 15 is 0 Å². The Balaban J connectivity index is 1.76. The van der Waals surface area contributed by atoms with Crippen LogP contribution in [0.15, 0.2) is 90.2 Å². The third kappa shape index (κ3) is 3.48. The standard InChI is InChI=1S/C23H23N5/c24-26-23(27-25)14-19-16-28(22-13-7-6-12-21(19)22)15-18-10-4-5-11-20(18)17-8-2-1-3-9-17/h1-13,16H,14-15,24-25H2,(H,26,27). The van der Waals surface area contributed by atoms with E-state index in [2.05, 4.69) is 88.0 Å². The first-order valence-corrected chi connectivity index (χ1v) is 9.23. The molecule has 0 spiro atoms. The van der Waals surface area contributed by atoms with Crippen molar-refractivity contribution >= 4 is 16.7 Å². The van der Waals surface area contributed by atoms with E-state index < -0.39 is 0 Å². The van der Waals surface area contributed by atoms with E-state index in [1.54, 1.807) is 0 Å². The van der Waals surface area contributed by atoms with E-state index in [-0.39, 0.29) is 0 Å². The van der Waals surface area contributed by atoms with Crippen LogP contribution in [-0.4, -0.2) is 10.4 Å². The van der Waals surface area contributed by atoms with Crippen molar-refractivity contribution in [3.63, 3.8) is 0 Å². The first-order chi connectivity index (χ1) is 13.8. The fourth-order valence-corrected chi connectivity index (χ4v) is 3.65. The predicted molar refractivity (Wildman–Crippen MR) is 116 cm³/mol. The topological polar surface area (TPSA) is 81.4 Å². The van der Waals surface area contributed by atoms with Crippen LogP contribution in [0.3, 0.4) is 0 Å². The van der Waals surface area contributed by atoms with Gasteiger partial charge in [-0.05, 0) is 28.3 Å². The molecule has 0 saturated carbocycles. The summed E-state index contributed by atoms with van der Waals surface area (Å²) in [6, 6.07) is 27.4. The highest BCUT2D eigenvalue weighted by atomic mass is 15.3. The van der Waals surface area contributed by atoms with E-state index in [4.69, 9.17) is 11.7 Å². The van der Waals surface area contributed by atoms with Gasteiger partial charge >= 0.3 is 0 Å². The SMILES string of the molecule is N/N=C(/Cc1cn(Cc2ccccc2-c2ccccc2)c2ccccc12)NN. The van der Waals surface area contributed by atoms with Gasteiger partial charge in [-0.1, -0.05) is 72.8 Å². The lowest BCUT2D eigenvalue weighted by atomic mass is 10.00. The number of para-hydroxylation sites is 1. The molecule has 0 aliphatic heterocycles. The molecule has 1 aromatic heterocycles. The summed E-state index contributed by atoms with van der Waals surface area (Å²) in [4.78, 5) is 0. The molecule has 0 saturated heterocycles. The summed E-state index contributed by atoms with van der Waals surface area (Å²) in [7, 11) is 0. The number of aromatic nitrogens is 1. The molecule has 0 amide bonds. The van der Waals surface area contributed by atoms with E-state index in [1.165, 1.54) is 27.6 Å². The van der Waals surface area contributed by atoms with Gasteiger partial charge < -0.3 is 15.8 Å². The molecule has 0 bridgehead atoms. The highest BCUT2D eigenvalue weighted by Gasteiger charge is 2.12. The fourth-order valence-electron chi connectivity index (χ4n) is 3.65. The van der Waals surface area contributed by atoms with Crippen LogP contribution in [0.4, 0.5) is 0 Å². The van der Waals surface area contributed by atoms with Crippen molar-refractivity contribution < 1.29 is 0 Å². The van der Waals surface area contributed by atoms with Crippen LogP contribution in [0.5, 0.6) is 0 Å². The minimum absolute atomic E-state index is 0.549. The summed E-state index contributed by atoms with van der Waals surface area (Å²) >= 11 is 0. The smallest absolute Gasteiger partial charge is 0.140 e. The maximum absolute atomic E-state index is 5.52. The van der Waals surface area contributed by atoms with Gasteiger partial charge in [-0.15, -0.1) is 0 Å². The van der Waals surface area contributed by atoms with Gasteiger partial charge in [0.1, 0.15) is 5.84 Å². The van der Waals surface area contributed by atoms with Gasteiger partial charge in [0, 0.05) is 30.1 Å². The first-order valence-electron chi connectivity index (χ1n) is 9.23. The summed E-state index contributed by atoms with van der Waals surface area (Å²) in [5.74, 6) is 11.5. The van der Waals surface area contributed by atoms with Crippen molar-refractivity contribution in [2.24, 2.45) is 16.8 Å². The molecule has 4 rings (SSSR count). The minimum atomic E-state index is 0.549. The average Bonchev–Trinajstić information content (AvgIpc) is 3.10. The summed E-state index contributed by atoms with van der Waals surface area (Å²) in [6.07, 6.45) is 2.72. The molecule has 4 aromatic rings. The highest BCUT2D eigenvalue weighted by Crippen LogP contribution is 2.27. The van der Waals surface area contributed by atoms with E-state index in [0.717, 1.165) is 12.1 Å². The zero-order chi connectivity index (χ0) is 19.3. The maximum atomic E-state index is 5.52. The van der Waals surface area contributed by atoms with E-state index in [0.29, 0.717) is 12.3 Å². The zero-order valence-corrected chi connectivity index (χ0v) is 15.5. The second kappa shape index (κ2) is 7.98. The Labute approximate surface area is 164 Å². The van der Waals surface area contributed by atoms with Crippen LogP contribution in [0.25, 0.3) is 22.0 Å². The van der Waals surface area contributed by atoms with Crippen molar-refractivity contribution in [1.29, 1.82) is 0 Å². The normalized spacial score (nSPS) is 11.7. The lowest BCUT2D eigenvalue weighted by Gasteiger charge is -2.12. The Morgan fingerprint density at radius 3 is 2.36 bits per heavy atom. The van der Waals surface area contributed by atoms with Crippen LogP contribution in [0, 0.1) is 0 Å². The second-order valence-corrected chi connectivity index (χ2v) is 6.72. The van der Waals surface area contributed by atoms with Crippen molar-refractivity contribution in [3.8, 4) is 11.1 Å². The highest BCUT2D eigenvalue weighted by molar-refractivity contribution is 5.91. The summed E-state index contributed by atoms with van der Waals surface area (Å²) in [5.41, 5.74) is 8.62. The number of benzene rings is 3. The number of hydrazone groups is 1. The number of nitrogens with zero attached hydrogens (tertiary/aromatic N) is 2. The summed E-state index contributed by atoms with van der Waals surface area (Å²) < 4.78 is 2.27. The Hall–Kier alpha value is -3.57. The van der Waals surface area contributed by atoms with Crippen molar-refractivity contribution in [2.75, 3.05) is 0 Å². The Bertz CT molecular complexity index is 1110. The molecule has 5 N–H and O–H groups in total. The molecule has 0 fully saturated rings. The molecule has 3 aromatic carbocycles. The van der Waals surface area contributed by atoms with Gasteiger partial charge in [0.15, 0.2) is 0 Å². The molecular weight excluding hydrogens is 346 g/mol. The lowest BCUT2D eigenvalue weighted by molar-refractivity contribution is 0.833. The van der Waals surface area contributed by atoms with Crippen LogP contribution in [-0.2, 0) is 13.0 Å². The number of fused-ring (bicyclic) bond motifs is 1. The van der Waals surface area contributed by atoms with Crippen LogP contribution in [0.1, 0.15) is 11.1 Å². The quantitative estimate of drug-likeness (QED) is 0.217. The minimum Gasteiger partial charge on any atom is -0.343 e. The second-order valence-electron chi connectivity index (χ2n) is 6.72. The molecule has 5 heteroatoms. The van der Waals surface area contributed by atoms with E-state index in [1.807, 2.05) is 12.1 Å². The van der Waals surface area contributed by atoms with Gasteiger partial charge in [0.2, 0.25) is 0 Å². The third-order valence-electron chi connectivity index (χ3n) is 4.99. The van der Waals surface area contributed by atoms with Crippen LogP contribution in [0.2, 0.25) is 0 Å². The molecule has 0 aliphatic carbocycles. The van der Waals surface area contributed by atoms with Gasteiger partial charge in [-0.25, -0.2) is 5.84 Å². The molecule has 0 radical (unpaired) electrons. The number of hydrogen-bond donors (Lipinski definition) is 3. The molecule has 0 aliphatic rings. The number of amidine groups is 1. The van der Waals surface area contributed by atoms with Gasteiger partial charge in [-0.2, -0.15) is 5.10 Å². The summed E-state index contributed by atoms with van der Waals surface area (Å²) in [6.45, 7) is 0.775. The number of hydrazine groups is 1. The third-order valence-corrected chi connectivity index (χ3v) is 4.99. The molecule has 5 nitrogen and oxygen atoms in total. The Morgan fingerprint density at radius 1 is 0.857 bits per heavy atom. The zero-order valence-electron chi connectivity index (χ0n) is 15.5. The molecule has 0 atom stereocenters. The average molecular weight is 369 g/mol. The van der Waals surface area contributed by atoms with Crippen LogP contribution < -0.4 is 17.1 Å². The largest absolute Gasteiger partial charge is 0.343 e. The number of nitrogens with two attached hydrogens (primary N) is 2. The van der Waals surface area contributed by atoms with Crippen molar-refractivity contribution in [2.45, 2.75) is 13.0 Å². The van der Waals surface area contributed by atoms with Gasteiger partial charge in [0.25, 0.3) is 0 Å². The molecular formula is C23H23N5. The molecule has 1 heterocycles. The van der Waals surface area contributed by atoms with Gasteiger partial charge in [0.05, 0.1) is 0 Å². The van der Waals surface area contributed by atoms with Crippen LogP contribution >= 0.6 is 0 Å². The van der Waals surface area contributed by atoms with E-state index in [9.17, 15) is 0 Å². The maximum Gasteiger partial charge on any atom is 0.140 e. The molecule has 28 heavy (non-hydrogen) atoms. The number of nitrogens with one attached hydrogen (secondary N) is 1.